The minimum atomic E-state index is -4.23. The summed E-state index contributed by atoms with van der Waals surface area (Å²) in [5.41, 5.74) is 2.62. The van der Waals surface area contributed by atoms with Gasteiger partial charge in [0.1, 0.15) is 6.61 Å². The Morgan fingerprint density at radius 3 is 2.55 bits per heavy atom. The molecule has 2 fully saturated rings. The lowest BCUT2D eigenvalue weighted by Gasteiger charge is -2.47. The lowest BCUT2D eigenvalue weighted by molar-refractivity contribution is 0.00919. The third kappa shape index (κ3) is 5.07. The van der Waals surface area contributed by atoms with Crippen molar-refractivity contribution in [2.75, 3.05) is 11.3 Å². The summed E-state index contributed by atoms with van der Waals surface area (Å²) in [5, 5.41) is 0. The Hall–Kier alpha value is -3.46. The van der Waals surface area contributed by atoms with E-state index < -0.39 is 39.8 Å². The first-order valence-electron chi connectivity index (χ1n) is 15.2. The predicted octanol–water partition coefficient (Wildman–Crippen LogP) is 5.75. The number of sulfonamides is 1. The maximum Gasteiger partial charge on any atom is 0.264 e. The normalized spacial score (nSPS) is 27.0. The average Bonchev–Trinajstić information content (AvgIpc) is 3.73. The maximum absolute atomic E-state index is 14.3. The van der Waals surface area contributed by atoms with Gasteiger partial charge < -0.3 is 9.64 Å². The van der Waals surface area contributed by atoms with Crippen LogP contribution >= 0.6 is 0 Å². The highest BCUT2D eigenvalue weighted by Crippen LogP contribution is 2.62. The molecule has 2 saturated carbocycles. The number of aryl methyl sites for hydroxylation is 2. The predicted molar refractivity (Wildman–Crippen MR) is 154 cm³/mol. The van der Waals surface area contributed by atoms with E-state index in [1.807, 2.05) is 45.9 Å². The molecule has 1 N–H and O–H groups in total. The van der Waals surface area contributed by atoms with Gasteiger partial charge in [0.05, 0.1) is 18.0 Å². The molecule has 1 spiro atoms. The second-order valence-corrected chi connectivity index (χ2v) is 13.3. The van der Waals surface area contributed by atoms with Crippen molar-refractivity contribution in [1.82, 2.24) is 14.9 Å². The van der Waals surface area contributed by atoms with Gasteiger partial charge in [-0.15, -0.1) is 0 Å². The zero-order valence-corrected chi connectivity index (χ0v) is 24.0. The molecular formula is C31H36N4O4S. The molecule has 4 bridgehead atoms. The number of ether oxygens (including phenoxy) is 1. The fraction of sp³-hybridized carbons (Fsp3) is 0.452. The second kappa shape index (κ2) is 9.87. The van der Waals surface area contributed by atoms with Gasteiger partial charge in [0.15, 0.2) is 0 Å². The minimum absolute atomic E-state index is 0.0545. The molecule has 9 heteroatoms. The Balaban J connectivity index is 1.53. The molecule has 8 nitrogen and oxygen atoms in total. The van der Waals surface area contributed by atoms with Gasteiger partial charge >= 0.3 is 0 Å². The highest BCUT2D eigenvalue weighted by atomic mass is 32.2. The summed E-state index contributed by atoms with van der Waals surface area (Å²) in [6.07, 6.45) is 0.0623. The molecule has 2 heterocycles. The van der Waals surface area contributed by atoms with Crippen LogP contribution in [0.25, 0.3) is 11.3 Å². The average molecular weight is 564 g/mol. The zero-order chi connectivity index (χ0) is 30.9. The van der Waals surface area contributed by atoms with E-state index in [2.05, 4.69) is 14.7 Å². The van der Waals surface area contributed by atoms with E-state index in [4.69, 9.17) is 7.48 Å². The van der Waals surface area contributed by atoms with Crippen LogP contribution in [0.15, 0.2) is 53.4 Å². The molecule has 1 aliphatic heterocycles. The summed E-state index contributed by atoms with van der Waals surface area (Å²) in [5.74, 6) is -0.587. The lowest BCUT2D eigenvalue weighted by Crippen LogP contribution is -2.55. The zero-order valence-electron chi connectivity index (χ0n) is 26.2. The standard InChI is InChI=1S/C31H36N4O4S/c1-19(2)13-23-18-39-27-15-26(28-20(3)7-5-8-21(28)4)32-30(33-27)34-40(37,38)25-10-6-9-22(14-25)29(36)35(23)24-16-31(17-24)11-12-31/h5-10,14-15,19,23-24H,11-13,16-18H2,1-4H3,(H,32,33,34)/t23-/m1/s1/i16D2,24D/t23-,24?. The first-order chi connectivity index (χ1) is 20.2. The quantitative estimate of drug-likeness (QED) is 0.434. The Labute approximate surface area is 240 Å². The van der Waals surface area contributed by atoms with E-state index in [9.17, 15) is 14.6 Å². The Bertz CT molecular complexity index is 1710. The van der Waals surface area contributed by atoms with Crippen molar-refractivity contribution < 1.29 is 22.1 Å². The van der Waals surface area contributed by atoms with Crippen LogP contribution in [0.3, 0.4) is 0 Å². The van der Waals surface area contributed by atoms with Crippen LogP contribution in [0.5, 0.6) is 5.88 Å². The van der Waals surface area contributed by atoms with Gasteiger partial charge in [-0.3, -0.25) is 4.79 Å². The van der Waals surface area contributed by atoms with Crippen molar-refractivity contribution in [3.8, 4) is 17.1 Å². The number of amides is 1. The van der Waals surface area contributed by atoms with Crippen LogP contribution in [0.2, 0.25) is 0 Å². The first kappa shape index (κ1) is 23.3. The Morgan fingerprint density at radius 1 is 1.15 bits per heavy atom. The number of nitrogens with one attached hydrogen (secondary N) is 1. The van der Waals surface area contributed by atoms with Gasteiger partial charge in [-0.05, 0) is 86.6 Å². The summed E-state index contributed by atoms with van der Waals surface area (Å²) in [6.45, 7) is 7.81. The van der Waals surface area contributed by atoms with Crippen molar-refractivity contribution in [2.24, 2.45) is 11.3 Å². The van der Waals surface area contributed by atoms with Gasteiger partial charge in [0.2, 0.25) is 11.8 Å². The van der Waals surface area contributed by atoms with Gasteiger partial charge in [-0.25, -0.2) is 18.1 Å². The van der Waals surface area contributed by atoms with Gasteiger partial charge in [-0.1, -0.05) is 38.1 Å². The Kier molecular flexibility index (Phi) is 5.74. The second-order valence-electron chi connectivity index (χ2n) is 11.6. The summed E-state index contributed by atoms with van der Waals surface area (Å²) in [7, 11) is -4.23. The number of aromatic nitrogens is 2. The van der Waals surface area contributed by atoms with Gasteiger partial charge in [0.25, 0.3) is 15.9 Å². The molecule has 210 valence electrons. The number of fused-ring (bicyclic) bond motifs is 4. The molecule has 0 radical (unpaired) electrons. The number of carbonyl (C=O) groups is 1. The van der Waals surface area contributed by atoms with E-state index in [1.54, 1.807) is 6.07 Å². The number of carbonyl (C=O) groups excluding carboxylic acids is 1. The monoisotopic (exact) mass is 563 g/mol. The van der Waals surface area contributed by atoms with Crippen molar-refractivity contribution in [3.63, 3.8) is 0 Å². The summed E-state index contributed by atoms with van der Waals surface area (Å²) >= 11 is 0. The van der Waals surface area contributed by atoms with Gasteiger partial charge in [-0.2, -0.15) is 4.98 Å². The number of rotatable bonds is 4. The van der Waals surface area contributed by atoms with Crippen LogP contribution in [-0.2, 0) is 10.0 Å². The first-order valence-corrected chi connectivity index (χ1v) is 15.2. The van der Waals surface area contributed by atoms with Crippen molar-refractivity contribution in [1.29, 1.82) is 0 Å². The third-order valence-electron chi connectivity index (χ3n) is 7.87. The minimum Gasteiger partial charge on any atom is -0.475 e. The molecule has 1 amide bonds. The number of nitrogens with zero attached hydrogens (tertiary/aromatic N) is 3. The molecule has 2 atom stereocenters. The molecule has 2 aromatic carbocycles. The smallest absolute Gasteiger partial charge is 0.264 e. The molecular weight excluding hydrogens is 524 g/mol. The molecule has 1 unspecified atom stereocenters. The molecule has 3 aliphatic rings. The summed E-state index contributed by atoms with van der Waals surface area (Å²) in [4.78, 5) is 24.4. The fourth-order valence-electron chi connectivity index (χ4n) is 5.69. The molecule has 3 aromatic rings. The van der Waals surface area contributed by atoms with Crippen molar-refractivity contribution in [3.05, 3.63) is 65.2 Å². The van der Waals surface area contributed by atoms with Crippen molar-refractivity contribution in [2.45, 2.75) is 76.7 Å². The van der Waals surface area contributed by atoms with E-state index in [0.717, 1.165) is 16.7 Å². The van der Waals surface area contributed by atoms with E-state index in [-0.39, 0.29) is 41.2 Å². The number of anilines is 1. The van der Waals surface area contributed by atoms with E-state index in [1.165, 1.54) is 29.2 Å². The lowest BCUT2D eigenvalue weighted by atomic mass is 9.75. The Morgan fingerprint density at radius 2 is 1.88 bits per heavy atom. The largest absolute Gasteiger partial charge is 0.475 e. The summed E-state index contributed by atoms with van der Waals surface area (Å²) < 4.78 is 63.2. The summed E-state index contributed by atoms with van der Waals surface area (Å²) in [6, 6.07) is 10.5. The van der Waals surface area contributed by atoms with Crippen LogP contribution in [0.1, 0.15) is 71.5 Å². The van der Waals surface area contributed by atoms with Crippen LogP contribution in [0, 0.1) is 25.2 Å². The fourth-order valence-corrected chi connectivity index (χ4v) is 6.68. The topological polar surface area (TPSA) is 101 Å². The highest BCUT2D eigenvalue weighted by molar-refractivity contribution is 7.92. The maximum atomic E-state index is 14.3. The molecule has 40 heavy (non-hydrogen) atoms. The number of hydrogen-bond donors (Lipinski definition) is 1. The molecule has 0 saturated heterocycles. The van der Waals surface area contributed by atoms with Gasteiger partial charge in [0, 0.05) is 26.0 Å². The van der Waals surface area contributed by atoms with Crippen molar-refractivity contribution >= 4 is 21.9 Å². The molecule has 2 aliphatic carbocycles. The number of hydrogen-bond acceptors (Lipinski definition) is 6. The highest BCUT2D eigenvalue weighted by Gasteiger charge is 2.56. The number of benzene rings is 2. The van der Waals surface area contributed by atoms with Crippen LogP contribution in [-0.4, -0.2) is 47.9 Å². The SMILES string of the molecule is [2H]C1(N2C(=O)c3cccc(c3)S(=O)(=O)Nc3nc(cc(-c4c(C)cccc4C)n3)OC[C@H]2CC(C)C)CC2(CC2)C1([2H])[2H]. The van der Waals surface area contributed by atoms with E-state index in [0.29, 0.717) is 25.0 Å². The molecule has 1 aromatic heterocycles. The third-order valence-corrected chi connectivity index (χ3v) is 9.19. The van der Waals surface area contributed by atoms with Crippen LogP contribution in [0.4, 0.5) is 5.95 Å². The molecule has 6 rings (SSSR count). The van der Waals surface area contributed by atoms with Crippen LogP contribution < -0.4 is 9.46 Å². The van der Waals surface area contributed by atoms with E-state index >= 15 is 0 Å².